The predicted molar refractivity (Wildman–Crippen MR) is 80.3 cm³/mol. The van der Waals surface area contributed by atoms with E-state index in [9.17, 15) is 0 Å². The van der Waals surface area contributed by atoms with Crippen molar-refractivity contribution in [3.63, 3.8) is 0 Å². The van der Waals surface area contributed by atoms with Crippen LogP contribution in [0.2, 0.25) is 0 Å². The first-order valence-corrected chi connectivity index (χ1v) is 7.49. The molecule has 1 saturated carbocycles. The molecular weight excluding hydrogens is 250 g/mol. The Balaban J connectivity index is 2.16. The van der Waals surface area contributed by atoms with Gasteiger partial charge in [0.25, 0.3) is 0 Å². The van der Waals surface area contributed by atoms with Gasteiger partial charge in [-0.1, -0.05) is 13.8 Å². The SMILES string of the molecule is COC1(c2ncc(CC(C)N)cn2)CCC(C)(C)CC1. The van der Waals surface area contributed by atoms with Crippen LogP contribution in [-0.2, 0) is 16.8 Å². The molecule has 20 heavy (non-hydrogen) atoms. The molecule has 4 heteroatoms. The fourth-order valence-electron chi connectivity index (χ4n) is 2.92. The number of nitrogens with zero attached hydrogens (tertiary/aromatic N) is 2. The second-order valence-electron chi connectivity index (χ2n) is 6.96. The van der Waals surface area contributed by atoms with Gasteiger partial charge in [-0.05, 0) is 50.0 Å². The number of ether oxygens (including phenoxy) is 1. The molecule has 1 fully saturated rings. The molecule has 4 nitrogen and oxygen atoms in total. The van der Waals surface area contributed by atoms with Crippen LogP contribution in [0.5, 0.6) is 0 Å². The molecule has 0 aliphatic heterocycles. The van der Waals surface area contributed by atoms with Gasteiger partial charge in [-0.25, -0.2) is 9.97 Å². The van der Waals surface area contributed by atoms with Crippen molar-refractivity contribution in [2.45, 2.75) is 64.5 Å². The zero-order valence-corrected chi connectivity index (χ0v) is 13.1. The highest BCUT2D eigenvalue weighted by Crippen LogP contribution is 2.45. The van der Waals surface area contributed by atoms with Crippen molar-refractivity contribution in [3.8, 4) is 0 Å². The highest BCUT2D eigenvalue weighted by molar-refractivity contribution is 5.12. The third kappa shape index (κ3) is 3.36. The van der Waals surface area contributed by atoms with E-state index in [4.69, 9.17) is 10.5 Å². The Morgan fingerprint density at radius 3 is 2.20 bits per heavy atom. The Morgan fingerprint density at radius 1 is 1.20 bits per heavy atom. The van der Waals surface area contributed by atoms with Gasteiger partial charge < -0.3 is 10.5 Å². The molecule has 0 radical (unpaired) electrons. The van der Waals surface area contributed by atoms with Gasteiger partial charge in [0.1, 0.15) is 5.60 Å². The van der Waals surface area contributed by atoms with Gasteiger partial charge in [-0.3, -0.25) is 0 Å². The minimum absolute atomic E-state index is 0.135. The van der Waals surface area contributed by atoms with E-state index in [1.165, 1.54) is 0 Å². The summed E-state index contributed by atoms with van der Waals surface area (Å²) >= 11 is 0. The summed E-state index contributed by atoms with van der Waals surface area (Å²) < 4.78 is 5.83. The van der Waals surface area contributed by atoms with Crippen LogP contribution in [0.3, 0.4) is 0 Å². The van der Waals surface area contributed by atoms with Gasteiger partial charge in [-0.2, -0.15) is 0 Å². The van der Waals surface area contributed by atoms with Crippen molar-refractivity contribution < 1.29 is 4.74 Å². The van der Waals surface area contributed by atoms with Crippen molar-refractivity contribution >= 4 is 0 Å². The molecule has 0 spiro atoms. The molecular formula is C16H27N3O. The van der Waals surface area contributed by atoms with Gasteiger partial charge >= 0.3 is 0 Å². The Bertz CT molecular complexity index is 430. The Morgan fingerprint density at radius 2 is 1.75 bits per heavy atom. The van der Waals surface area contributed by atoms with Gasteiger partial charge in [0.15, 0.2) is 5.82 Å². The topological polar surface area (TPSA) is 61.0 Å². The highest BCUT2D eigenvalue weighted by atomic mass is 16.5. The third-order valence-electron chi connectivity index (χ3n) is 4.47. The van der Waals surface area contributed by atoms with Gasteiger partial charge in [-0.15, -0.1) is 0 Å². The smallest absolute Gasteiger partial charge is 0.160 e. The van der Waals surface area contributed by atoms with E-state index in [-0.39, 0.29) is 11.6 Å². The quantitative estimate of drug-likeness (QED) is 0.919. The Labute approximate surface area is 122 Å². The maximum atomic E-state index is 5.83. The van der Waals surface area contributed by atoms with Crippen LogP contribution in [0.25, 0.3) is 0 Å². The number of aromatic nitrogens is 2. The summed E-state index contributed by atoms with van der Waals surface area (Å²) in [6, 6.07) is 0.135. The molecule has 2 rings (SSSR count). The lowest BCUT2D eigenvalue weighted by Gasteiger charge is -2.41. The largest absolute Gasteiger partial charge is 0.370 e. The molecule has 1 aromatic rings. The zero-order chi connectivity index (χ0) is 14.8. The fourth-order valence-corrected chi connectivity index (χ4v) is 2.92. The molecule has 1 aliphatic carbocycles. The summed E-state index contributed by atoms with van der Waals surface area (Å²) in [5, 5.41) is 0. The number of rotatable bonds is 4. The van der Waals surface area contributed by atoms with Crippen LogP contribution in [0.15, 0.2) is 12.4 Å². The van der Waals surface area contributed by atoms with Crippen LogP contribution in [0, 0.1) is 5.41 Å². The number of nitrogens with two attached hydrogens (primary N) is 1. The first-order chi connectivity index (χ1) is 9.37. The summed E-state index contributed by atoms with van der Waals surface area (Å²) in [6.07, 6.45) is 8.87. The van der Waals surface area contributed by atoms with Crippen molar-refractivity contribution in [3.05, 3.63) is 23.8 Å². The monoisotopic (exact) mass is 277 g/mol. The molecule has 2 N–H and O–H groups in total. The standard InChI is InChI=1S/C16H27N3O/c1-12(17)9-13-10-18-14(19-11-13)16(20-4)7-5-15(2,3)6-8-16/h10-12H,5-9,17H2,1-4H3. The van der Waals surface area contributed by atoms with Crippen molar-refractivity contribution in [1.29, 1.82) is 0 Å². The molecule has 0 aromatic carbocycles. The van der Waals surface area contributed by atoms with Crippen LogP contribution in [-0.4, -0.2) is 23.1 Å². The van der Waals surface area contributed by atoms with Gasteiger partial charge in [0, 0.05) is 25.5 Å². The minimum Gasteiger partial charge on any atom is -0.370 e. The summed E-state index contributed by atoms with van der Waals surface area (Å²) in [7, 11) is 1.78. The molecule has 0 bridgehead atoms. The van der Waals surface area contributed by atoms with E-state index in [1.54, 1.807) is 7.11 Å². The summed E-state index contributed by atoms with van der Waals surface area (Å²) in [5.74, 6) is 0.823. The number of hydrogen-bond acceptors (Lipinski definition) is 4. The van der Waals surface area contributed by atoms with E-state index in [1.807, 2.05) is 19.3 Å². The molecule has 1 aliphatic rings. The van der Waals surface area contributed by atoms with Crippen molar-refractivity contribution in [2.75, 3.05) is 7.11 Å². The maximum absolute atomic E-state index is 5.83. The molecule has 1 aromatic heterocycles. The van der Waals surface area contributed by atoms with E-state index < -0.39 is 0 Å². The van der Waals surface area contributed by atoms with Crippen molar-refractivity contribution in [2.24, 2.45) is 11.1 Å². The normalized spacial score (nSPS) is 22.4. The first kappa shape index (κ1) is 15.4. The fraction of sp³-hybridized carbons (Fsp3) is 0.750. The highest BCUT2D eigenvalue weighted by Gasteiger charge is 2.41. The molecule has 112 valence electrons. The summed E-state index contributed by atoms with van der Waals surface area (Å²) in [5.41, 5.74) is 6.99. The lowest BCUT2D eigenvalue weighted by atomic mass is 9.70. The van der Waals surface area contributed by atoms with Crippen LogP contribution < -0.4 is 5.73 Å². The van der Waals surface area contributed by atoms with Crippen LogP contribution >= 0.6 is 0 Å². The van der Waals surface area contributed by atoms with Gasteiger partial charge in [0.05, 0.1) is 0 Å². The van der Waals surface area contributed by atoms with E-state index in [2.05, 4.69) is 23.8 Å². The van der Waals surface area contributed by atoms with Crippen LogP contribution in [0.4, 0.5) is 0 Å². The average Bonchev–Trinajstić information content (AvgIpc) is 2.40. The molecule has 1 unspecified atom stereocenters. The van der Waals surface area contributed by atoms with E-state index in [0.717, 1.165) is 43.5 Å². The van der Waals surface area contributed by atoms with E-state index >= 15 is 0 Å². The molecule has 0 amide bonds. The zero-order valence-electron chi connectivity index (χ0n) is 13.1. The molecule has 0 saturated heterocycles. The maximum Gasteiger partial charge on any atom is 0.160 e. The molecule has 1 atom stereocenters. The Hall–Kier alpha value is -1.00. The second-order valence-corrected chi connectivity index (χ2v) is 6.96. The second kappa shape index (κ2) is 5.78. The Kier molecular flexibility index (Phi) is 4.45. The predicted octanol–water partition coefficient (Wildman–Crippen LogP) is 2.81. The minimum atomic E-state index is -0.303. The number of hydrogen-bond donors (Lipinski definition) is 1. The summed E-state index contributed by atoms with van der Waals surface area (Å²) in [4.78, 5) is 9.11. The lowest BCUT2D eigenvalue weighted by molar-refractivity contribution is -0.0729. The van der Waals surface area contributed by atoms with Gasteiger partial charge in [0.2, 0.25) is 0 Å². The first-order valence-electron chi connectivity index (χ1n) is 7.49. The summed E-state index contributed by atoms with van der Waals surface area (Å²) in [6.45, 7) is 6.63. The third-order valence-corrected chi connectivity index (χ3v) is 4.47. The lowest BCUT2D eigenvalue weighted by Crippen LogP contribution is -2.38. The average molecular weight is 277 g/mol. The number of methoxy groups -OCH3 is 1. The van der Waals surface area contributed by atoms with Crippen molar-refractivity contribution in [1.82, 2.24) is 9.97 Å². The van der Waals surface area contributed by atoms with E-state index in [0.29, 0.717) is 5.41 Å². The van der Waals surface area contributed by atoms with Crippen LogP contribution in [0.1, 0.15) is 57.8 Å². The molecule has 1 heterocycles.